The first-order chi connectivity index (χ1) is 8.56. The summed E-state index contributed by atoms with van der Waals surface area (Å²) in [6.07, 6.45) is 2.22. The summed E-state index contributed by atoms with van der Waals surface area (Å²) in [5.41, 5.74) is 0. The summed E-state index contributed by atoms with van der Waals surface area (Å²) in [6, 6.07) is 0.417. The highest BCUT2D eigenvalue weighted by molar-refractivity contribution is 5.69. The van der Waals surface area contributed by atoms with Gasteiger partial charge in [-0.15, -0.1) is 5.10 Å². The molecule has 2 rings (SSSR count). The van der Waals surface area contributed by atoms with E-state index in [-0.39, 0.29) is 6.54 Å². The molecular formula is C11H19N5O2. The molecule has 0 saturated heterocycles. The smallest absolute Gasteiger partial charge is 0.317 e. The Morgan fingerprint density at radius 2 is 2.28 bits per heavy atom. The molecule has 1 heterocycles. The molecule has 0 bridgehead atoms. The molecule has 0 atom stereocenters. The molecular weight excluding hydrogens is 234 g/mol. The van der Waals surface area contributed by atoms with Crippen LogP contribution in [-0.4, -0.2) is 49.3 Å². The van der Waals surface area contributed by atoms with E-state index in [2.05, 4.69) is 29.4 Å². The zero-order valence-corrected chi connectivity index (χ0v) is 10.8. The minimum atomic E-state index is -0.818. The number of hydrogen-bond donors (Lipinski definition) is 1. The van der Waals surface area contributed by atoms with Crippen LogP contribution in [0.3, 0.4) is 0 Å². The fourth-order valence-corrected chi connectivity index (χ4v) is 2.01. The first-order valence-electron chi connectivity index (χ1n) is 6.27. The second-order valence-electron chi connectivity index (χ2n) is 5.23. The lowest BCUT2D eigenvalue weighted by atomic mass is 10.2. The second-order valence-corrected chi connectivity index (χ2v) is 5.23. The standard InChI is InChI=1S/C11H19N5O2/c1-8(2)5-15(7-11(17)18)6-10-12-13-14-16(10)9-3-4-9/h8-9H,3-7H2,1-2H3,(H,17,18). The quantitative estimate of drug-likeness (QED) is 0.764. The number of hydrogen-bond acceptors (Lipinski definition) is 5. The van der Waals surface area contributed by atoms with Gasteiger partial charge >= 0.3 is 5.97 Å². The van der Waals surface area contributed by atoms with E-state index >= 15 is 0 Å². The lowest BCUT2D eigenvalue weighted by Gasteiger charge is -2.21. The van der Waals surface area contributed by atoms with E-state index in [4.69, 9.17) is 5.11 Å². The number of aromatic nitrogens is 4. The van der Waals surface area contributed by atoms with Gasteiger partial charge in [0.1, 0.15) is 0 Å². The monoisotopic (exact) mass is 253 g/mol. The first-order valence-corrected chi connectivity index (χ1v) is 6.27. The Kier molecular flexibility index (Phi) is 3.90. The minimum absolute atomic E-state index is 0.0235. The third-order valence-corrected chi connectivity index (χ3v) is 2.80. The predicted octanol–water partition coefficient (Wildman–Crippen LogP) is 0.551. The van der Waals surface area contributed by atoms with Crippen LogP contribution >= 0.6 is 0 Å². The molecule has 0 spiro atoms. The van der Waals surface area contributed by atoms with Gasteiger partial charge in [-0.2, -0.15) is 0 Å². The third kappa shape index (κ3) is 3.49. The van der Waals surface area contributed by atoms with Gasteiger partial charge in [-0.25, -0.2) is 4.68 Å². The van der Waals surface area contributed by atoms with E-state index in [1.165, 1.54) is 0 Å². The van der Waals surface area contributed by atoms with Crippen LogP contribution in [0.15, 0.2) is 0 Å². The zero-order valence-electron chi connectivity index (χ0n) is 10.8. The van der Waals surface area contributed by atoms with Gasteiger partial charge in [0.15, 0.2) is 5.82 Å². The van der Waals surface area contributed by atoms with Crippen molar-refractivity contribution >= 4 is 5.97 Å². The van der Waals surface area contributed by atoms with Crippen molar-refractivity contribution in [1.29, 1.82) is 0 Å². The van der Waals surface area contributed by atoms with E-state index in [0.717, 1.165) is 25.2 Å². The average molecular weight is 253 g/mol. The molecule has 0 unspecified atom stereocenters. The summed E-state index contributed by atoms with van der Waals surface area (Å²) in [5, 5.41) is 20.6. The third-order valence-electron chi connectivity index (χ3n) is 2.80. The Hall–Kier alpha value is -1.50. The van der Waals surface area contributed by atoms with Crippen LogP contribution in [-0.2, 0) is 11.3 Å². The molecule has 1 fully saturated rings. The van der Waals surface area contributed by atoms with Gasteiger partial charge in [0.2, 0.25) is 0 Å². The van der Waals surface area contributed by atoms with Crippen LogP contribution in [0.4, 0.5) is 0 Å². The van der Waals surface area contributed by atoms with Gasteiger partial charge in [0.05, 0.1) is 19.1 Å². The van der Waals surface area contributed by atoms with Crippen molar-refractivity contribution < 1.29 is 9.90 Å². The molecule has 0 aromatic carbocycles. The SMILES string of the molecule is CC(C)CN(CC(=O)O)Cc1nnnn1C1CC1. The van der Waals surface area contributed by atoms with Crippen LogP contribution in [0.2, 0.25) is 0 Å². The molecule has 7 heteroatoms. The number of carboxylic acid groups (broad SMARTS) is 1. The fraction of sp³-hybridized carbons (Fsp3) is 0.818. The average Bonchev–Trinajstić information content (AvgIpc) is 2.98. The molecule has 0 aliphatic heterocycles. The van der Waals surface area contributed by atoms with E-state index in [9.17, 15) is 4.79 Å². The lowest BCUT2D eigenvalue weighted by Crippen LogP contribution is -2.33. The Bertz CT molecular complexity index is 413. The van der Waals surface area contributed by atoms with E-state index < -0.39 is 5.97 Å². The van der Waals surface area contributed by atoms with Gasteiger partial charge < -0.3 is 5.11 Å². The molecule has 18 heavy (non-hydrogen) atoms. The van der Waals surface area contributed by atoms with Crippen molar-refractivity contribution in [3.63, 3.8) is 0 Å². The van der Waals surface area contributed by atoms with E-state index in [0.29, 0.717) is 18.5 Å². The second kappa shape index (κ2) is 5.43. The van der Waals surface area contributed by atoms with Crippen molar-refractivity contribution in [2.75, 3.05) is 13.1 Å². The van der Waals surface area contributed by atoms with Crippen LogP contribution in [0, 0.1) is 5.92 Å². The molecule has 0 radical (unpaired) electrons. The normalized spacial score (nSPS) is 15.6. The Labute approximate surface area is 106 Å². The van der Waals surface area contributed by atoms with Crippen molar-refractivity contribution in [3.8, 4) is 0 Å². The summed E-state index contributed by atoms with van der Waals surface area (Å²) in [5.74, 6) is 0.357. The highest BCUT2D eigenvalue weighted by Gasteiger charge is 2.28. The summed E-state index contributed by atoms with van der Waals surface area (Å²) in [4.78, 5) is 12.7. The van der Waals surface area contributed by atoms with E-state index in [1.807, 2.05) is 9.58 Å². The number of carboxylic acids is 1. The van der Waals surface area contributed by atoms with Crippen LogP contribution in [0.1, 0.15) is 38.6 Å². The first kappa shape index (κ1) is 12.9. The number of carbonyl (C=O) groups is 1. The molecule has 1 N–H and O–H groups in total. The molecule has 1 aromatic heterocycles. The topological polar surface area (TPSA) is 84.1 Å². The lowest BCUT2D eigenvalue weighted by molar-refractivity contribution is -0.138. The highest BCUT2D eigenvalue weighted by atomic mass is 16.4. The predicted molar refractivity (Wildman–Crippen MR) is 63.8 cm³/mol. The van der Waals surface area contributed by atoms with Crippen molar-refractivity contribution in [2.45, 2.75) is 39.3 Å². The molecule has 0 amide bonds. The number of nitrogens with zero attached hydrogens (tertiary/aromatic N) is 5. The maximum atomic E-state index is 10.9. The number of rotatable bonds is 7. The summed E-state index contributed by atoms with van der Waals surface area (Å²) < 4.78 is 1.83. The molecule has 1 aliphatic rings. The van der Waals surface area contributed by atoms with Crippen LogP contribution in [0.5, 0.6) is 0 Å². The Morgan fingerprint density at radius 1 is 1.56 bits per heavy atom. The fourth-order valence-electron chi connectivity index (χ4n) is 2.01. The van der Waals surface area contributed by atoms with Gasteiger partial charge in [-0.1, -0.05) is 13.8 Å². The molecule has 100 valence electrons. The number of aliphatic carboxylic acids is 1. The maximum Gasteiger partial charge on any atom is 0.317 e. The largest absolute Gasteiger partial charge is 0.480 e. The van der Waals surface area contributed by atoms with Gasteiger partial charge in [0, 0.05) is 6.54 Å². The molecule has 1 aliphatic carbocycles. The minimum Gasteiger partial charge on any atom is -0.480 e. The van der Waals surface area contributed by atoms with Crippen molar-refractivity contribution in [3.05, 3.63) is 5.82 Å². The van der Waals surface area contributed by atoms with Gasteiger partial charge in [0.25, 0.3) is 0 Å². The Balaban J connectivity index is 2.01. The zero-order chi connectivity index (χ0) is 13.1. The number of tetrazole rings is 1. The highest BCUT2D eigenvalue weighted by Crippen LogP contribution is 2.34. The van der Waals surface area contributed by atoms with Crippen LogP contribution < -0.4 is 0 Å². The molecule has 1 saturated carbocycles. The maximum absolute atomic E-state index is 10.9. The summed E-state index contributed by atoms with van der Waals surface area (Å²) >= 11 is 0. The Morgan fingerprint density at radius 3 is 2.83 bits per heavy atom. The summed E-state index contributed by atoms with van der Waals surface area (Å²) in [6.45, 7) is 5.38. The summed E-state index contributed by atoms with van der Waals surface area (Å²) in [7, 11) is 0. The van der Waals surface area contributed by atoms with Gasteiger partial charge in [-0.3, -0.25) is 9.69 Å². The molecule has 1 aromatic rings. The molecule has 7 nitrogen and oxygen atoms in total. The van der Waals surface area contributed by atoms with Crippen LogP contribution in [0.25, 0.3) is 0 Å². The van der Waals surface area contributed by atoms with Crippen molar-refractivity contribution in [2.24, 2.45) is 5.92 Å². The van der Waals surface area contributed by atoms with Crippen molar-refractivity contribution in [1.82, 2.24) is 25.1 Å². The van der Waals surface area contributed by atoms with E-state index in [1.54, 1.807) is 0 Å². The van der Waals surface area contributed by atoms with Gasteiger partial charge in [-0.05, 0) is 29.2 Å².